The highest BCUT2D eigenvalue weighted by atomic mass is 32.2. The van der Waals surface area contributed by atoms with E-state index in [0.29, 0.717) is 5.52 Å². The van der Waals surface area contributed by atoms with Gasteiger partial charge in [-0.25, -0.2) is 27.3 Å². The molecule has 4 aromatic rings. The summed E-state index contributed by atoms with van der Waals surface area (Å²) in [6.45, 7) is 0. The molecule has 0 saturated heterocycles. The molecule has 0 spiro atoms. The van der Waals surface area contributed by atoms with Crippen molar-refractivity contribution in [2.24, 2.45) is 0 Å². The summed E-state index contributed by atoms with van der Waals surface area (Å²) in [5.41, 5.74) is 6.47. The van der Waals surface area contributed by atoms with Crippen LogP contribution in [0.5, 0.6) is 0 Å². The summed E-state index contributed by atoms with van der Waals surface area (Å²) in [6, 6.07) is 8.51. The molecule has 3 heterocycles. The van der Waals surface area contributed by atoms with E-state index < -0.39 is 10.0 Å². The second-order valence-electron chi connectivity index (χ2n) is 4.81. The van der Waals surface area contributed by atoms with Gasteiger partial charge in [-0.15, -0.1) is 0 Å². The number of aromatic nitrogens is 5. The summed E-state index contributed by atoms with van der Waals surface area (Å²) in [7, 11) is -3.92. The van der Waals surface area contributed by atoms with Crippen LogP contribution in [0.2, 0.25) is 0 Å². The lowest BCUT2D eigenvalue weighted by molar-refractivity contribution is 0.589. The minimum Gasteiger partial charge on any atom is -0.382 e. The molecule has 0 saturated carbocycles. The first kappa shape index (κ1) is 13.6. The lowest BCUT2D eigenvalue weighted by Gasteiger charge is -2.08. The zero-order valence-electron chi connectivity index (χ0n) is 11.7. The van der Waals surface area contributed by atoms with Crippen molar-refractivity contribution in [3.8, 4) is 0 Å². The molecule has 3 aromatic heterocycles. The first-order valence-corrected chi connectivity index (χ1v) is 8.06. The second-order valence-corrected chi connectivity index (χ2v) is 6.59. The molecule has 9 heteroatoms. The summed E-state index contributed by atoms with van der Waals surface area (Å²) >= 11 is 0. The Bertz CT molecular complexity index is 1150. The van der Waals surface area contributed by atoms with Crippen molar-refractivity contribution in [2.75, 3.05) is 5.73 Å². The number of pyridine rings is 1. The minimum atomic E-state index is -3.92. The highest BCUT2D eigenvalue weighted by molar-refractivity contribution is 7.90. The fourth-order valence-electron chi connectivity index (χ4n) is 2.40. The van der Waals surface area contributed by atoms with Crippen LogP contribution in [-0.2, 0) is 10.0 Å². The smallest absolute Gasteiger partial charge is 0.272 e. The predicted molar refractivity (Wildman–Crippen MR) is 84.1 cm³/mol. The number of nitrogens with two attached hydrogens (primary N) is 1. The average Bonchev–Trinajstić information content (AvgIpc) is 3.00. The van der Waals surface area contributed by atoms with Crippen molar-refractivity contribution in [1.29, 1.82) is 0 Å². The molecule has 0 aliphatic carbocycles. The summed E-state index contributed by atoms with van der Waals surface area (Å²) in [5.74, 6) is 0.125. The van der Waals surface area contributed by atoms with Crippen LogP contribution in [0.1, 0.15) is 0 Å². The molecule has 0 radical (unpaired) electrons. The Kier molecular flexibility index (Phi) is 2.78. The molecular formula is C14H10N6O2S. The van der Waals surface area contributed by atoms with Crippen LogP contribution in [0.15, 0.2) is 54.1 Å². The number of nitrogens with zero attached hydrogens (tertiary/aromatic N) is 5. The molecular weight excluding hydrogens is 316 g/mol. The van der Waals surface area contributed by atoms with Crippen molar-refractivity contribution < 1.29 is 8.42 Å². The molecule has 23 heavy (non-hydrogen) atoms. The normalized spacial score (nSPS) is 12.0. The Morgan fingerprint density at radius 3 is 2.65 bits per heavy atom. The molecule has 114 valence electrons. The standard InChI is InChI=1S/C14H10N6O2S/c15-13-12-14(18-7-17-13)20(8-19-12)23(21,22)10-5-1-3-9-4-2-6-16-11(9)10/h1-8H,(H2,15,17,18). The first-order valence-electron chi connectivity index (χ1n) is 6.62. The second kappa shape index (κ2) is 4.71. The van der Waals surface area contributed by atoms with Gasteiger partial charge in [0.25, 0.3) is 10.0 Å². The maximum absolute atomic E-state index is 13.0. The molecule has 0 unspecified atom stereocenters. The van der Waals surface area contributed by atoms with Gasteiger partial charge in [0.05, 0.1) is 5.52 Å². The maximum atomic E-state index is 13.0. The quantitative estimate of drug-likeness (QED) is 0.588. The van der Waals surface area contributed by atoms with Gasteiger partial charge in [-0.05, 0) is 12.1 Å². The fourth-order valence-corrected chi connectivity index (χ4v) is 3.81. The van der Waals surface area contributed by atoms with Gasteiger partial charge in [-0.3, -0.25) is 4.98 Å². The molecule has 0 amide bonds. The summed E-state index contributed by atoms with van der Waals surface area (Å²) in [6.07, 6.45) is 3.92. The van der Waals surface area contributed by atoms with E-state index in [1.54, 1.807) is 30.5 Å². The van der Waals surface area contributed by atoms with E-state index in [2.05, 4.69) is 19.9 Å². The number of hydrogen-bond donors (Lipinski definition) is 1. The molecule has 2 N–H and O–H groups in total. The van der Waals surface area contributed by atoms with Crippen LogP contribution >= 0.6 is 0 Å². The number of para-hydroxylation sites is 1. The van der Waals surface area contributed by atoms with Gasteiger partial charge in [0.15, 0.2) is 17.0 Å². The molecule has 0 aliphatic heterocycles. The van der Waals surface area contributed by atoms with Crippen molar-refractivity contribution in [3.05, 3.63) is 49.2 Å². The molecule has 0 atom stereocenters. The molecule has 4 rings (SSSR count). The van der Waals surface area contributed by atoms with Crippen molar-refractivity contribution >= 4 is 37.9 Å². The highest BCUT2D eigenvalue weighted by Gasteiger charge is 2.24. The molecule has 0 fully saturated rings. The number of nitrogen functional groups attached to an aromatic ring is 1. The van der Waals surface area contributed by atoms with Gasteiger partial charge in [-0.2, -0.15) is 0 Å². The van der Waals surface area contributed by atoms with E-state index in [-0.39, 0.29) is 21.9 Å². The predicted octanol–water partition coefficient (Wildman–Crippen LogP) is 1.19. The van der Waals surface area contributed by atoms with Gasteiger partial charge in [-0.1, -0.05) is 18.2 Å². The molecule has 1 aromatic carbocycles. The Balaban J connectivity index is 2.05. The van der Waals surface area contributed by atoms with Crippen molar-refractivity contribution in [1.82, 2.24) is 23.9 Å². The number of imidazole rings is 1. The first-order chi connectivity index (χ1) is 11.1. The van der Waals surface area contributed by atoms with Crippen LogP contribution in [0.4, 0.5) is 5.82 Å². The van der Waals surface area contributed by atoms with Crippen molar-refractivity contribution in [3.63, 3.8) is 0 Å². The van der Waals surface area contributed by atoms with E-state index in [1.165, 1.54) is 18.7 Å². The maximum Gasteiger partial charge on any atom is 0.272 e. The van der Waals surface area contributed by atoms with Crippen LogP contribution < -0.4 is 5.73 Å². The van der Waals surface area contributed by atoms with Gasteiger partial charge >= 0.3 is 0 Å². The van der Waals surface area contributed by atoms with E-state index in [0.717, 1.165) is 9.36 Å². The van der Waals surface area contributed by atoms with Crippen molar-refractivity contribution in [2.45, 2.75) is 4.90 Å². The summed E-state index contributed by atoms with van der Waals surface area (Å²) in [5, 5.41) is 0.729. The lowest BCUT2D eigenvalue weighted by atomic mass is 10.2. The van der Waals surface area contributed by atoms with Crippen LogP contribution in [-0.4, -0.2) is 32.3 Å². The number of hydrogen-bond acceptors (Lipinski definition) is 7. The SMILES string of the molecule is Nc1ncnc2c1ncn2S(=O)(=O)c1cccc2cccnc12. The zero-order chi connectivity index (χ0) is 16.0. The van der Waals surface area contributed by atoms with E-state index in [9.17, 15) is 8.42 Å². The third-order valence-electron chi connectivity index (χ3n) is 3.46. The number of benzene rings is 1. The lowest BCUT2D eigenvalue weighted by Crippen LogP contribution is -2.13. The fraction of sp³-hybridized carbons (Fsp3) is 0. The minimum absolute atomic E-state index is 0.0760. The van der Waals surface area contributed by atoms with Crippen LogP contribution in [0.3, 0.4) is 0 Å². The van der Waals surface area contributed by atoms with Crippen LogP contribution in [0, 0.1) is 0 Å². The summed E-state index contributed by atoms with van der Waals surface area (Å²) < 4.78 is 27.0. The zero-order valence-corrected chi connectivity index (χ0v) is 12.5. The Morgan fingerprint density at radius 1 is 0.957 bits per heavy atom. The third-order valence-corrected chi connectivity index (χ3v) is 5.13. The van der Waals surface area contributed by atoms with Crippen LogP contribution in [0.25, 0.3) is 22.1 Å². The number of fused-ring (bicyclic) bond motifs is 2. The molecule has 0 aliphatic rings. The number of anilines is 1. The number of rotatable bonds is 2. The average molecular weight is 326 g/mol. The Morgan fingerprint density at radius 2 is 1.78 bits per heavy atom. The van der Waals surface area contributed by atoms with Gasteiger partial charge in [0.1, 0.15) is 17.6 Å². The molecule has 8 nitrogen and oxygen atoms in total. The van der Waals surface area contributed by atoms with E-state index in [1.807, 2.05) is 0 Å². The Hall–Kier alpha value is -3.07. The third kappa shape index (κ3) is 1.94. The van der Waals surface area contributed by atoms with Gasteiger partial charge in [0.2, 0.25) is 0 Å². The van der Waals surface area contributed by atoms with Gasteiger partial charge < -0.3 is 5.73 Å². The van der Waals surface area contributed by atoms with E-state index >= 15 is 0 Å². The topological polar surface area (TPSA) is 117 Å². The van der Waals surface area contributed by atoms with E-state index in [4.69, 9.17) is 5.73 Å². The largest absolute Gasteiger partial charge is 0.382 e. The van der Waals surface area contributed by atoms with Gasteiger partial charge in [0, 0.05) is 11.6 Å². The Labute approximate surface area is 130 Å². The summed E-state index contributed by atoms with van der Waals surface area (Å²) in [4.78, 5) is 16.1. The monoisotopic (exact) mass is 326 g/mol. The molecule has 0 bridgehead atoms. The highest BCUT2D eigenvalue weighted by Crippen LogP contribution is 2.25.